The lowest BCUT2D eigenvalue weighted by molar-refractivity contribution is -0.138. The average Bonchev–Trinajstić information content (AvgIpc) is 2.21. The molecule has 82 valence electrons. The fraction of sp³-hybridized carbons (Fsp3) is 0.400. The molecule has 0 spiro atoms. The SMILES string of the molecule is COc1ccnc(C)c1C(CN)C(=O)O. The van der Waals surface area contributed by atoms with Crippen LogP contribution < -0.4 is 10.5 Å². The molecule has 1 heterocycles. The summed E-state index contributed by atoms with van der Waals surface area (Å²) in [6, 6.07) is 1.63. The number of aliphatic carboxylic acids is 1. The van der Waals surface area contributed by atoms with Gasteiger partial charge in [0, 0.05) is 24.0 Å². The summed E-state index contributed by atoms with van der Waals surface area (Å²) in [6.45, 7) is 1.77. The normalized spacial score (nSPS) is 12.2. The molecule has 0 saturated heterocycles. The van der Waals surface area contributed by atoms with Gasteiger partial charge in [-0.15, -0.1) is 0 Å². The minimum absolute atomic E-state index is 0.0260. The van der Waals surface area contributed by atoms with Crippen molar-refractivity contribution < 1.29 is 14.6 Å². The van der Waals surface area contributed by atoms with Crippen LogP contribution in [-0.2, 0) is 4.79 Å². The van der Waals surface area contributed by atoms with Gasteiger partial charge in [0.2, 0.25) is 0 Å². The highest BCUT2D eigenvalue weighted by atomic mass is 16.5. The summed E-state index contributed by atoms with van der Waals surface area (Å²) in [4.78, 5) is 15.0. The lowest BCUT2D eigenvalue weighted by atomic mass is 9.97. The van der Waals surface area contributed by atoms with Gasteiger partial charge < -0.3 is 15.6 Å². The molecule has 1 rings (SSSR count). The number of nitrogens with two attached hydrogens (primary N) is 1. The molecule has 5 heteroatoms. The zero-order valence-electron chi connectivity index (χ0n) is 8.73. The van der Waals surface area contributed by atoms with Gasteiger partial charge in [-0.05, 0) is 13.0 Å². The van der Waals surface area contributed by atoms with Gasteiger partial charge in [0.05, 0.1) is 13.0 Å². The Hall–Kier alpha value is -1.62. The Morgan fingerprint density at radius 1 is 1.73 bits per heavy atom. The largest absolute Gasteiger partial charge is 0.496 e. The smallest absolute Gasteiger partial charge is 0.312 e. The monoisotopic (exact) mass is 210 g/mol. The van der Waals surface area contributed by atoms with Crippen molar-refractivity contribution >= 4 is 5.97 Å². The maximum atomic E-state index is 11.0. The summed E-state index contributed by atoms with van der Waals surface area (Å²) < 4.78 is 5.10. The van der Waals surface area contributed by atoms with Crippen LogP contribution in [0.4, 0.5) is 0 Å². The quantitative estimate of drug-likeness (QED) is 0.757. The number of nitrogens with zero attached hydrogens (tertiary/aromatic N) is 1. The summed E-state index contributed by atoms with van der Waals surface area (Å²) >= 11 is 0. The zero-order valence-corrected chi connectivity index (χ0v) is 8.73. The van der Waals surface area contributed by atoms with Gasteiger partial charge in [-0.1, -0.05) is 0 Å². The van der Waals surface area contributed by atoms with E-state index >= 15 is 0 Å². The number of ether oxygens (including phenoxy) is 1. The molecule has 0 aliphatic rings. The van der Waals surface area contributed by atoms with E-state index in [1.165, 1.54) is 7.11 Å². The summed E-state index contributed by atoms with van der Waals surface area (Å²) in [5.74, 6) is -1.22. The number of aromatic nitrogens is 1. The third-order valence-corrected chi connectivity index (χ3v) is 2.25. The van der Waals surface area contributed by atoms with E-state index in [1.54, 1.807) is 19.2 Å². The zero-order chi connectivity index (χ0) is 11.4. The van der Waals surface area contributed by atoms with Crippen molar-refractivity contribution in [3.05, 3.63) is 23.5 Å². The molecule has 0 fully saturated rings. The van der Waals surface area contributed by atoms with Crippen molar-refractivity contribution in [3.63, 3.8) is 0 Å². The number of carbonyl (C=O) groups is 1. The van der Waals surface area contributed by atoms with Crippen molar-refractivity contribution in [1.29, 1.82) is 0 Å². The Kier molecular flexibility index (Phi) is 3.62. The van der Waals surface area contributed by atoms with Crippen LogP contribution in [0, 0.1) is 6.92 Å². The average molecular weight is 210 g/mol. The summed E-state index contributed by atoms with van der Waals surface area (Å²) in [6.07, 6.45) is 1.58. The van der Waals surface area contributed by atoms with Gasteiger partial charge in [-0.2, -0.15) is 0 Å². The highest BCUT2D eigenvalue weighted by Crippen LogP contribution is 2.28. The molecule has 1 aromatic rings. The van der Waals surface area contributed by atoms with Crippen LogP contribution >= 0.6 is 0 Å². The Morgan fingerprint density at radius 2 is 2.40 bits per heavy atom. The molecule has 5 nitrogen and oxygen atoms in total. The lowest BCUT2D eigenvalue weighted by Gasteiger charge is -2.15. The summed E-state index contributed by atoms with van der Waals surface area (Å²) in [5, 5.41) is 9.01. The van der Waals surface area contributed by atoms with E-state index < -0.39 is 11.9 Å². The molecular weight excluding hydrogens is 196 g/mol. The molecule has 1 aromatic heterocycles. The van der Waals surface area contributed by atoms with Crippen molar-refractivity contribution in [2.45, 2.75) is 12.8 Å². The van der Waals surface area contributed by atoms with E-state index in [-0.39, 0.29) is 6.54 Å². The number of hydrogen-bond acceptors (Lipinski definition) is 4. The fourth-order valence-corrected chi connectivity index (χ4v) is 1.50. The molecule has 0 amide bonds. The van der Waals surface area contributed by atoms with Crippen molar-refractivity contribution in [3.8, 4) is 5.75 Å². The number of carboxylic acids is 1. The topological polar surface area (TPSA) is 85.4 Å². The first kappa shape index (κ1) is 11.5. The maximum Gasteiger partial charge on any atom is 0.312 e. The molecule has 1 unspecified atom stereocenters. The van der Waals surface area contributed by atoms with E-state index in [1.807, 2.05) is 0 Å². The molecule has 0 bridgehead atoms. The molecular formula is C10H14N2O3. The highest BCUT2D eigenvalue weighted by Gasteiger charge is 2.24. The molecule has 0 aliphatic heterocycles. The number of hydrogen-bond donors (Lipinski definition) is 2. The maximum absolute atomic E-state index is 11.0. The number of carboxylic acid groups (broad SMARTS) is 1. The summed E-state index contributed by atoms with van der Waals surface area (Å²) in [5.41, 5.74) is 6.62. The van der Waals surface area contributed by atoms with Gasteiger partial charge >= 0.3 is 5.97 Å². The molecule has 1 atom stereocenters. The van der Waals surface area contributed by atoms with Crippen LogP contribution in [0.25, 0.3) is 0 Å². The third-order valence-electron chi connectivity index (χ3n) is 2.25. The molecule has 0 radical (unpaired) electrons. The Morgan fingerprint density at radius 3 is 2.87 bits per heavy atom. The van der Waals surface area contributed by atoms with Gasteiger partial charge in [0.1, 0.15) is 5.75 Å². The second-order valence-corrected chi connectivity index (χ2v) is 3.14. The van der Waals surface area contributed by atoms with Crippen LogP contribution in [0.15, 0.2) is 12.3 Å². The predicted molar refractivity (Wildman–Crippen MR) is 55.0 cm³/mol. The van der Waals surface area contributed by atoms with Crippen molar-refractivity contribution in [2.75, 3.05) is 13.7 Å². The van der Waals surface area contributed by atoms with Crippen LogP contribution in [0.5, 0.6) is 5.75 Å². The van der Waals surface area contributed by atoms with Gasteiger partial charge in [-0.25, -0.2) is 0 Å². The Labute approximate surface area is 87.9 Å². The van der Waals surface area contributed by atoms with E-state index in [0.29, 0.717) is 17.0 Å². The first-order chi connectivity index (χ1) is 7.11. The van der Waals surface area contributed by atoms with Crippen LogP contribution in [0.3, 0.4) is 0 Å². The minimum atomic E-state index is -0.966. The van der Waals surface area contributed by atoms with Gasteiger partial charge in [0.25, 0.3) is 0 Å². The first-order valence-corrected chi connectivity index (χ1v) is 4.54. The van der Waals surface area contributed by atoms with Crippen molar-refractivity contribution in [1.82, 2.24) is 4.98 Å². The van der Waals surface area contributed by atoms with E-state index in [0.717, 1.165) is 0 Å². The third kappa shape index (κ3) is 2.24. The van der Waals surface area contributed by atoms with E-state index in [9.17, 15) is 4.79 Å². The molecule has 0 aromatic carbocycles. The standard InChI is InChI=1S/C10H14N2O3/c1-6-9(7(5-11)10(13)14)8(15-2)3-4-12-6/h3-4,7H,5,11H2,1-2H3,(H,13,14). The van der Waals surface area contributed by atoms with Crippen LogP contribution in [-0.4, -0.2) is 29.7 Å². The fourth-order valence-electron chi connectivity index (χ4n) is 1.50. The lowest BCUT2D eigenvalue weighted by Crippen LogP contribution is -2.23. The molecule has 0 aliphatic carbocycles. The molecule has 3 N–H and O–H groups in total. The van der Waals surface area contributed by atoms with Crippen LogP contribution in [0.2, 0.25) is 0 Å². The van der Waals surface area contributed by atoms with E-state index in [2.05, 4.69) is 4.98 Å². The summed E-state index contributed by atoms with van der Waals surface area (Å²) in [7, 11) is 1.49. The second-order valence-electron chi connectivity index (χ2n) is 3.14. The number of methoxy groups -OCH3 is 1. The van der Waals surface area contributed by atoms with Gasteiger partial charge in [0.15, 0.2) is 0 Å². The number of pyridine rings is 1. The number of aryl methyl sites for hydroxylation is 1. The molecule has 0 saturated carbocycles. The predicted octanol–water partition coefficient (Wildman–Crippen LogP) is 0.526. The number of rotatable bonds is 4. The van der Waals surface area contributed by atoms with Gasteiger partial charge in [-0.3, -0.25) is 9.78 Å². The first-order valence-electron chi connectivity index (χ1n) is 4.54. The Bertz CT molecular complexity index is 366. The highest BCUT2D eigenvalue weighted by molar-refractivity contribution is 5.78. The minimum Gasteiger partial charge on any atom is -0.496 e. The van der Waals surface area contributed by atoms with E-state index in [4.69, 9.17) is 15.6 Å². The van der Waals surface area contributed by atoms with Crippen LogP contribution in [0.1, 0.15) is 17.2 Å². The second kappa shape index (κ2) is 4.75. The Balaban J connectivity index is 3.26. The molecule has 15 heavy (non-hydrogen) atoms. The van der Waals surface area contributed by atoms with Crippen molar-refractivity contribution in [2.24, 2.45) is 5.73 Å².